The van der Waals surface area contributed by atoms with Gasteiger partial charge in [0.05, 0.1) is 0 Å². The van der Waals surface area contributed by atoms with Gasteiger partial charge in [-0.3, -0.25) is 4.79 Å². The molecule has 1 amide bonds. The molecule has 12 heteroatoms. The maximum Gasteiger partial charge on any atom is 0.422 e. The van der Waals surface area contributed by atoms with Crippen LogP contribution < -0.4 is 10.1 Å². The fraction of sp³-hybridized carbons (Fsp3) is 0.444. The molecule has 3 rings (SSSR count). The van der Waals surface area contributed by atoms with Gasteiger partial charge in [0.1, 0.15) is 9.77 Å². The van der Waals surface area contributed by atoms with Gasteiger partial charge < -0.3 is 10.1 Å². The van der Waals surface area contributed by atoms with Crippen molar-refractivity contribution in [1.82, 2.24) is 14.6 Å². The zero-order valence-corrected chi connectivity index (χ0v) is 17.4. The normalized spacial score (nSPS) is 15.7. The number of hydrogen-bond donors (Lipinski definition) is 1. The summed E-state index contributed by atoms with van der Waals surface area (Å²) >= 11 is 1.02. The average Bonchev–Trinajstić information content (AvgIpc) is 3.22. The van der Waals surface area contributed by atoms with E-state index in [9.17, 15) is 26.4 Å². The van der Waals surface area contributed by atoms with E-state index in [1.54, 1.807) is 5.38 Å². The summed E-state index contributed by atoms with van der Waals surface area (Å²) < 4.78 is 68.5. The molecule has 7 nitrogen and oxygen atoms in total. The number of halogens is 3. The Balaban J connectivity index is 1.66. The van der Waals surface area contributed by atoms with Crippen molar-refractivity contribution in [3.63, 3.8) is 0 Å². The lowest BCUT2D eigenvalue weighted by molar-refractivity contribution is -0.154. The van der Waals surface area contributed by atoms with Crippen molar-refractivity contribution in [2.45, 2.75) is 36.9 Å². The third-order valence-electron chi connectivity index (χ3n) is 4.40. The van der Waals surface area contributed by atoms with Gasteiger partial charge in [0, 0.05) is 31.9 Å². The standard InChI is InChI=1S/C18H20F3N3O4S2/c19-18(20,21)12-28-15-10-13(4-6-22-15)11-23-17(25)16-14(5-9-29-16)30(26,27)24-7-2-1-3-8-24/h4-6,9-10H,1-3,7-8,11-12H2,(H,23,25). The Morgan fingerprint density at radius 3 is 2.67 bits per heavy atom. The number of carbonyl (C=O) groups is 1. The molecule has 0 radical (unpaired) electrons. The highest BCUT2D eigenvalue weighted by atomic mass is 32.2. The number of pyridine rings is 1. The van der Waals surface area contributed by atoms with Crippen LogP contribution in [0.25, 0.3) is 0 Å². The quantitative estimate of drug-likeness (QED) is 0.681. The average molecular weight is 464 g/mol. The molecule has 1 saturated heterocycles. The van der Waals surface area contributed by atoms with Crippen LogP contribution >= 0.6 is 11.3 Å². The Bertz CT molecular complexity index is 987. The van der Waals surface area contributed by atoms with E-state index in [2.05, 4.69) is 15.0 Å². The van der Waals surface area contributed by atoms with Gasteiger partial charge in [-0.2, -0.15) is 17.5 Å². The van der Waals surface area contributed by atoms with E-state index >= 15 is 0 Å². The van der Waals surface area contributed by atoms with Crippen LogP contribution in [0.15, 0.2) is 34.7 Å². The van der Waals surface area contributed by atoms with Crippen LogP contribution in [0.4, 0.5) is 13.2 Å². The number of hydrogen-bond acceptors (Lipinski definition) is 6. The molecule has 1 fully saturated rings. The zero-order valence-electron chi connectivity index (χ0n) is 15.8. The number of carbonyl (C=O) groups excluding carboxylic acids is 1. The summed E-state index contributed by atoms with van der Waals surface area (Å²) in [5, 5.41) is 4.14. The molecule has 0 bridgehead atoms. The van der Waals surface area contributed by atoms with E-state index in [4.69, 9.17) is 0 Å². The highest BCUT2D eigenvalue weighted by Crippen LogP contribution is 2.27. The van der Waals surface area contributed by atoms with Crippen molar-refractivity contribution < 1.29 is 31.1 Å². The van der Waals surface area contributed by atoms with Crippen LogP contribution in [0.1, 0.15) is 34.5 Å². The second kappa shape index (κ2) is 9.31. The summed E-state index contributed by atoms with van der Waals surface area (Å²) in [5.41, 5.74) is 0.465. The van der Waals surface area contributed by atoms with Gasteiger partial charge in [0.25, 0.3) is 5.91 Å². The molecule has 3 heterocycles. The van der Waals surface area contributed by atoms with Gasteiger partial charge in [-0.05, 0) is 35.9 Å². The summed E-state index contributed by atoms with van der Waals surface area (Å²) in [7, 11) is -3.76. The van der Waals surface area contributed by atoms with Crippen molar-refractivity contribution in [3.8, 4) is 5.88 Å². The Morgan fingerprint density at radius 1 is 1.23 bits per heavy atom. The number of ether oxygens (including phenoxy) is 1. The SMILES string of the molecule is O=C(NCc1ccnc(OCC(F)(F)F)c1)c1sccc1S(=O)(=O)N1CCCCC1. The fourth-order valence-corrected chi connectivity index (χ4v) is 5.80. The van der Waals surface area contributed by atoms with Gasteiger partial charge in [-0.15, -0.1) is 11.3 Å². The molecule has 2 aromatic rings. The summed E-state index contributed by atoms with van der Waals surface area (Å²) in [5.74, 6) is -0.793. The van der Waals surface area contributed by atoms with Gasteiger partial charge >= 0.3 is 6.18 Å². The molecule has 30 heavy (non-hydrogen) atoms. The molecule has 1 N–H and O–H groups in total. The number of alkyl halides is 3. The van der Waals surface area contributed by atoms with Crippen LogP contribution in [0.3, 0.4) is 0 Å². The molecular formula is C18H20F3N3O4S2. The van der Waals surface area contributed by atoms with Gasteiger partial charge in [-0.1, -0.05) is 6.42 Å². The van der Waals surface area contributed by atoms with E-state index in [0.29, 0.717) is 18.7 Å². The summed E-state index contributed by atoms with van der Waals surface area (Å²) in [6.07, 6.45) is -0.674. The van der Waals surface area contributed by atoms with Gasteiger partial charge in [-0.25, -0.2) is 13.4 Å². The van der Waals surface area contributed by atoms with Crippen LogP contribution in [-0.4, -0.2) is 49.5 Å². The van der Waals surface area contributed by atoms with E-state index in [1.807, 2.05) is 0 Å². The first-order valence-corrected chi connectivity index (χ1v) is 11.5. The van der Waals surface area contributed by atoms with Crippen LogP contribution in [-0.2, 0) is 16.6 Å². The number of nitrogens with one attached hydrogen (secondary N) is 1. The topological polar surface area (TPSA) is 88.6 Å². The molecular weight excluding hydrogens is 443 g/mol. The predicted octanol–water partition coefficient (Wildman–Crippen LogP) is 3.19. The molecule has 0 spiro atoms. The minimum atomic E-state index is -4.48. The van der Waals surface area contributed by atoms with E-state index in [1.165, 1.54) is 28.7 Å². The minimum absolute atomic E-state index is 0.0230. The summed E-state index contributed by atoms with van der Waals surface area (Å²) in [6.45, 7) is -0.637. The molecule has 0 aliphatic carbocycles. The predicted molar refractivity (Wildman–Crippen MR) is 104 cm³/mol. The molecule has 0 saturated carbocycles. The van der Waals surface area contributed by atoms with E-state index < -0.39 is 28.7 Å². The second-order valence-electron chi connectivity index (χ2n) is 6.67. The summed E-state index contributed by atoms with van der Waals surface area (Å²) in [6, 6.07) is 4.21. The van der Waals surface area contributed by atoms with Crippen LogP contribution in [0.5, 0.6) is 5.88 Å². The monoisotopic (exact) mass is 463 g/mol. The van der Waals surface area contributed by atoms with Crippen molar-refractivity contribution >= 4 is 27.3 Å². The highest BCUT2D eigenvalue weighted by Gasteiger charge is 2.31. The van der Waals surface area contributed by atoms with Crippen LogP contribution in [0, 0.1) is 0 Å². The number of nitrogens with zero attached hydrogens (tertiary/aromatic N) is 2. The molecule has 0 unspecified atom stereocenters. The maximum absolute atomic E-state index is 12.9. The first-order chi connectivity index (χ1) is 14.2. The maximum atomic E-state index is 12.9. The molecule has 0 aromatic carbocycles. The lowest BCUT2D eigenvalue weighted by atomic mass is 10.2. The Morgan fingerprint density at radius 2 is 1.97 bits per heavy atom. The van der Waals surface area contributed by atoms with E-state index in [-0.39, 0.29) is 22.2 Å². The second-order valence-corrected chi connectivity index (χ2v) is 9.49. The molecule has 2 aromatic heterocycles. The molecule has 0 atom stereocenters. The number of piperidine rings is 1. The number of amides is 1. The molecule has 164 valence electrons. The van der Waals surface area contributed by atoms with E-state index in [0.717, 1.165) is 30.6 Å². The lowest BCUT2D eigenvalue weighted by Crippen LogP contribution is -2.36. The van der Waals surface area contributed by atoms with Gasteiger partial charge in [0.2, 0.25) is 15.9 Å². The van der Waals surface area contributed by atoms with Crippen molar-refractivity contribution in [2.75, 3.05) is 19.7 Å². The smallest absolute Gasteiger partial charge is 0.422 e. The first kappa shape index (κ1) is 22.5. The van der Waals surface area contributed by atoms with Crippen molar-refractivity contribution in [3.05, 3.63) is 40.2 Å². The number of rotatable bonds is 7. The highest BCUT2D eigenvalue weighted by molar-refractivity contribution is 7.89. The first-order valence-electron chi connectivity index (χ1n) is 9.17. The Kier molecular flexibility index (Phi) is 6.98. The third-order valence-corrected chi connectivity index (χ3v) is 7.39. The Hall–Kier alpha value is -2.18. The number of sulfonamides is 1. The number of thiophene rings is 1. The minimum Gasteiger partial charge on any atom is -0.468 e. The van der Waals surface area contributed by atoms with Crippen molar-refractivity contribution in [1.29, 1.82) is 0 Å². The summed E-state index contributed by atoms with van der Waals surface area (Å²) in [4.78, 5) is 16.3. The largest absolute Gasteiger partial charge is 0.468 e. The third kappa shape index (κ3) is 5.70. The zero-order chi connectivity index (χ0) is 21.8. The molecule has 1 aliphatic rings. The van der Waals surface area contributed by atoms with Gasteiger partial charge in [0.15, 0.2) is 6.61 Å². The van der Waals surface area contributed by atoms with Crippen molar-refractivity contribution in [2.24, 2.45) is 0 Å². The molecule has 1 aliphatic heterocycles. The number of aromatic nitrogens is 1. The lowest BCUT2D eigenvalue weighted by Gasteiger charge is -2.25. The van der Waals surface area contributed by atoms with Crippen LogP contribution in [0.2, 0.25) is 0 Å². The Labute approximate surface area is 175 Å². The fourth-order valence-electron chi connectivity index (χ4n) is 2.97.